The summed E-state index contributed by atoms with van der Waals surface area (Å²) in [5.74, 6) is 1.64. The van der Waals surface area contributed by atoms with Crippen molar-refractivity contribution < 1.29 is 4.74 Å². The number of hydrogen-bond acceptors (Lipinski definition) is 2. The average molecular weight is 334 g/mol. The van der Waals surface area contributed by atoms with Crippen molar-refractivity contribution >= 4 is 28.4 Å². The van der Waals surface area contributed by atoms with Crippen LogP contribution >= 0.6 is 0 Å². The molecule has 0 saturated carbocycles. The Kier molecular flexibility index (Phi) is 3.49. The maximum Gasteiger partial charge on any atom is 0.216 e. The predicted octanol–water partition coefficient (Wildman–Crippen LogP) is 4.48. The zero-order valence-corrected chi connectivity index (χ0v) is 15.0. The molecule has 1 aliphatic rings. The smallest absolute Gasteiger partial charge is 0.216 e. The first-order valence-corrected chi connectivity index (χ1v) is 8.42. The molecule has 1 aromatic heterocycles. The summed E-state index contributed by atoms with van der Waals surface area (Å²) in [5, 5.41) is 14.5. The fraction of sp³-hybridized carbons (Fsp3) is 0.238. The molecular formula is C21H22N2O2. The van der Waals surface area contributed by atoms with Crippen LogP contribution in [0.4, 0.5) is 5.82 Å². The molecule has 128 valence electrons. The Morgan fingerprint density at radius 1 is 1.12 bits per heavy atom. The molecule has 1 aliphatic heterocycles. The van der Waals surface area contributed by atoms with Crippen LogP contribution in [0.1, 0.15) is 16.7 Å². The van der Waals surface area contributed by atoms with Gasteiger partial charge in [-0.2, -0.15) is 0 Å². The minimum absolute atomic E-state index is 0.405. The van der Waals surface area contributed by atoms with Gasteiger partial charge in [0, 0.05) is 18.0 Å². The van der Waals surface area contributed by atoms with E-state index in [0.29, 0.717) is 6.54 Å². The number of methoxy groups -OCH3 is 1. The van der Waals surface area contributed by atoms with E-state index >= 15 is 0 Å². The number of ether oxygens (including phenoxy) is 1. The van der Waals surface area contributed by atoms with E-state index in [1.54, 1.807) is 14.2 Å². The SMILES string of the molecule is COc1ccc(C2=Cc3c(n(C)c4ccc(C)cc34)[N+](C)([O-])C2)cc1. The second-order valence-electron chi connectivity index (χ2n) is 6.97. The predicted molar refractivity (Wildman–Crippen MR) is 104 cm³/mol. The molecular weight excluding hydrogens is 312 g/mol. The fourth-order valence-electron chi connectivity index (χ4n) is 3.89. The van der Waals surface area contributed by atoms with Gasteiger partial charge in [0.25, 0.3) is 0 Å². The number of nitrogens with zero attached hydrogens (tertiary/aromatic N) is 2. The topological polar surface area (TPSA) is 37.2 Å². The Morgan fingerprint density at radius 2 is 1.84 bits per heavy atom. The Labute approximate surface area is 147 Å². The number of hydroxylamine groups is 2. The summed E-state index contributed by atoms with van der Waals surface area (Å²) in [4.78, 5) is 0. The first-order chi connectivity index (χ1) is 11.9. The zero-order chi connectivity index (χ0) is 17.8. The van der Waals surface area contributed by atoms with Gasteiger partial charge in [-0.25, -0.2) is 0 Å². The molecule has 4 heteroatoms. The number of aryl methyl sites for hydroxylation is 2. The van der Waals surface area contributed by atoms with Gasteiger partial charge in [-0.05, 0) is 42.8 Å². The molecule has 0 aliphatic carbocycles. The van der Waals surface area contributed by atoms with Gasteiger partial charge < -0.3 is 14.6 Å². The second kappa shape index (κ2) is 5.48. The lowest BCUT2D eigenvalue weighted by molar-refractivity contribution is 0.414. The molecule has 25 heavy (non-hydrogen) atoms. The molecule has 0 saturated heterocycles. The number of quaternary nitrogens is 1. The molecule has 2 aromatic carbocycles. The molecule has 0 fully saturated rings. The lowest BCUT2D eigenvalue weighted by Crippen LogP contribution is -2.43. The van der Waals surface area contributed by atoms with Crippen LogP contribution in [-0.2, 0) is 7.05 Å². The van der Waals surface area contributed by atoms with Crippen LogP contribution in [0, 0.1) is 12.1 Å². The second-order valence-corrected chi connectivity index (χ2v) is 6.97. The van der Waals surface area contributed by atoms with E-state index < -0.39 is 4.65 Å². The molecule has 0 bridgehead atoms. The molecule has 0 radical (unpaired) electrons. The summed E-state index contributed by atoms with van der Waals surface area (Å²) in [7, 11) is 5.38. The van der Waals surface area contributed by atoms with Crippen molar-refractivity contribution in [1.29, 1.82) is 0 Å². The fourth-order valence-corrected chi connectivity index (χ4v) is 3.89. The van der Waals surface area contributed by atoms with Gasteiger partial charge in [0.2, 0.25) is 5.82 Å². The number of rotatable bonds is 2. The molecule has 2 heterocycles. The van der Waals surface area contributed by atoms with Crippen LogP contribution in [-0.4, -0.2) is 25.3 Å². The highest BCUT2D eigenvalue weighted by Crippen LogP contribution is 2.42. The molecule has 0 spiro atoms. The number of aromatic nitrogens is 1. The van der Waals surface area contributed by atoms with Crippen LogP contribution in [0.2, 0.25) is 0 Å². The standard InChI is InChI=1S/C21H22N2O2/c1-14-5-10-20-18(11-14)19-12-16(13-23(3,24)21(19)22(20)2)15-6-8-17(25-4)9-7-15/h5-12H,13H2,1-4H3. The van der Waals surface area contributed by atoms with Gasteiger partial charge in [0.05, 0.1) is 25.2 Å². The van der Waals surface area contributed by atoms with Gasteiger partial charge in [-0.1, -0.05) is 23.8 Å². The summed E-state index contributed by atoms with van der Waals surface area (Å²) in [6.45, 7) is 2.50. The van der Waals surface area contributed by atoms with E-state index in [-0.39, 0.29) is 0 Å². The third kappa shape index (κ3) is 2.46. The normalized spacial score (nSPS) is 19.6. The number of likely N-dealkylation sites (N-methyl/N-ethyl adjacent to an activating group) is 1. The summed E-state index contributed by atoms with van der Waals surface area (Å²) in [5.41, 5.74) is 5.46. The summed E-state index contributed by atoms with van der Waals surface area (Å²) < 4.78 is 6.87. The van der Waals surface area contributed by atoms with Crippen LogP contribution in [0.15, 0.2) is 42.5 Å². The third-order valence-corrected chi connectivity index (χ3v) is 5.06. The maximum absolute atomic E-state index is 13.4. The van der Waals surface area contributed by atoms with Gasteiger partial charge in [0.15, 0.2) is 0 Å². The van der Waals surface area contributed by atoms with E-state index in [4.69, 9.17) is 4.74 Å². The molecule has 4 nitrogen and oxygen atoms in total. The zero-order valence-electron chi connectivity index (χ0n) is 15.0. The highest BCUT2D eigenvalue weighted by molar-refractivity contribution is 6.02. The van der Waals surface area contributed by atoms with E-state index in [0.717, 1.165) is 39.2 Å². The molecule has 1 atom stereocenters. The first-order valence-electron chi connectivity index (χ1n) is 8.42. The van der Waals surface area contributed by atoms with E-state index in [1.165, 1.54) is 5.56 Å². The minimum atomic E-state index is -0.405. The van der Waals surface area contributed by atoms with Crippen molar-refractivity contribution in [3.05, 3.63) is 64.4 Å². The average Bonchev–Trinajstić information content (AvgIpc) is 2.87. The Morgan fingerprint density at radius 3 is 2.52 bits per heavy atom. The van der Waals surface area contributed by atoms with E-state index in [2.05, 4.69) is 31.2 Å². The van der Waals surface area contributed by atoms with E-state index in [9.17, 15) is 5.21 Å². The highest BCUT2D eigenvalue weighted by Gasteiger charge is 2.31. The van der Waals surface area contributed by atoms with Crippen molar-refractivity contribution in [3.63, 3.8) is 0 Å². The van der Waals surface area contributed by atoms with Gasteiger partial charge in [-0.3, -0.25) is 4.57 Å². The number of benzene rings is 2. The number of hydrogen-bond donors (Lipinski definition) is 0. The quantitative estimate of drug-likeness (QED) is 0.512. The van der Waals surface area contributed by atoms with Crippen molar-refractivity contribution in [2.75, 3.05) is 20.7 Å². The van der Waals surface area contributed by atoms with Gasteiger partial charge in [-0.15, -0.1) is 0 Å². The Balaban J connectivity index is 1.95. The monoisotopic (exact) mass is 334 g/mol. The summed E-state index contributed by atoms with van der Waals surface area (Å²) in [6.07, 6.45) is 2.18. The van der Waals surface area contributed by atoms with E-state index in [1.807, 2.05) is 35.9 Å². The Bertz CT molecular complexity index is 995. The number of fused-ring (bicyclic) bond motifs is 3. The summed E-state index contributed by atoms with van der Waals surface area (Å²) in [6, 6.07) is 14.3. The molecule has 3 aromatic rings. The summed E-state index contributed by atoms with van der Waals surface area (Å²) >= 11 is 0. The van der Waals surface area contributed by atoms with Crippen LogP contribution in [0.5, 0.6) is 5.75 Å². The van der Waals surface area contributed by atoms with Crippen LogP contribution in [0.3, 0.4) is 0 Å². The molecule has 1 unspecified atom stereocenters. The lowest BCUT2D eigenvalue weighted by atomic mass is 9.98. The van der Waals surface area contributed by atoms with Crippen LogP contribution < -0.4 is 9.38 Å². The minimum Gasteiger partial charge on any atom is -0.626 e. The van der Waals surface area contributed by atoms with Crippen molar-refractivity contribution in [2.24, 2.45) is 7.05 Å². The molecule has 0 N–H and O–H groups in total. The van der Waals surface area contributed by atoms with Crippen molar-refractivity contribution in [3.8, 4) is 5.75 Å². The molecule has 0 amide bonds. The largest absolute Gasteiger partial charge is 0.626 e. The third-order valence-electron chi connectivity index (χ3n) is 5.06. The van der Waals surface area contributed by atoms with Gasteiger partial charge in [0.1, 0.15) is 12.3 Å². The van der Waals surface area contributed by atoms with Crippen molar-refractivity contribution in [1.82, 2.24) is 9.21 Å². The Hall–Kier alpha value is -2.56. The lowest BCUT2D eigenvalue weighted by Gasteiger charge is -2.41. The van der Waals surface area contributed by atoms with Crippen molar-refractivity contribution in [2.45, 2.75) is 6.92 Å². The van der Waals surface area contributed by atoms with Crippen LogP contribution in [0.25, 0.3) is 22.6 Å². The molecule has 4 rings (SSSR count). The first kappa shape index (κ1) is 15.9. The van der Waals surface area contributed by atoms with Gasteiger partial charge >= 0.3 is 0 Å². The maximum atomic E-state index is 13.4. The highest BCUT2D eigenvalue weighted by atomic mass is 16.5.